The molecule has 128 valence electrons. The Labute approximate surface area is 133 Å². The van der Waals surface area contributed by atoms with Gasteiger partial charge in [0.1, 0.15) is 5.60 Å². The molecule has 0 aromatic carbocycles. The zero-order valence-electron chi connectivity index (χ0n) is 14.8. The summed E-state index contributed by atoms with van der Waals surface area (Å²) in [5, 5.41) is 0. The Balaban J connectivity index is 2.37. The van der Waals surface area contributed by atoms with Crippen LogP contribution in [0.5, 0.6) is 0 Å². The van der Waals surface area contributed by atoms with E-state index < -0.39 is 5.60 Å². The first-order chi connectivity index (χ1) is 10.0. The van der Waals surface area contributed by atoms with Crippen molar-refractivity contribution in [1.82, 2.24) is 9.80 Å². The van der Waals surface area contributed by atoms with Crippen molar-refractivity contribution in [1.29, 1.82) is 0 Å². The van der Waals surface area contributed by atoms with E-state index in [0.717, 1.165) is 12.8 Å². The molecule has 1 heterocycles. The van der Waals surface area contributed by atoms with Crippen molar-refractivity contribution in [3.05, 3.63) is 0 Å². The molecule has 0 bridgehead atoms. The van der Waals surface area contributed by atoms with Gasteiger partial charge < -0.3 is 19.3 Å². The zero-order valence-corrected chi connectivity index (χ0v) is 14.8. The predicted molar refractivity (Wildman–Crippen MR) is 84.7 cm³/mol. The van der Waals surface area contributed by atoms with Crippen LogP contribution in [0.1, 0.15) is 47.0 Å². The van der Waals surface area contributed by atoms with Gasteiger partial charge in [-0.05, 0) is 40.5 Å². The fourth-order valence-electron chi connectivity index (χ4n) is 2.24. The molecule has 1 aliphatic heterocycles. The van der Waals surface area contributed by atoms with E-state index in [1.165, 1.54) is 0 Å². The van der Waals surface area contributed by atoms with Crippen LogP contribution in [0.4, 0.5) is 4.79 Å². The number of ether oxygens (including phenoxy) is 2. The molecule has 1 aliphatic rings. The number of piperidine rings is 1. The molecule has 0 aromatic heterocycles. The van der Waals surface area contributed by atoms with Gasteiger partial charge in [0.15, 0.2) is 0 Å². The number of rotatable bonds is 4. The summed E-state index contributed by atoms with van der Waals surface area (Å²) in [7, 11) is 3.48. The number of likely N-dealkylation sites (tertiary alicyclic amines) is 1. The van der Waals surface area contributed by atoms with Crippen LogP contribution in [-0.4, -0.2) is 66.8 Å². The largest absolute Gasteiger partial charge is 0.444 e. The Morgan fingerprint density at radius 3 is 2.18 bits per heavy atom. The van der Waals surface area contributed by atoms with Crippen molar-refractivity contribution in [3.63, 3.8) is 0 Å². The standard InChI is InChI=1S/C16H30N2O4/c1-15(2,3)22-14(20)18-10-8-16(4,9-11-18)21-12-7-13(19)17(5)6/h7-12H2,1-6H3. The summed E-state index contributed by atoms with van der Waals surface area (Å²) >= 11 is 0. The highest BCUT2D eigenvalue weighted by Crippen LogP contribution is 2.27. The normalized spacial score (nSPS) is 18.0. The van der Waals surface area contributed by atoms with Crippen molar-refractivity contribution >= 4 is 12.0 Å². The van der Waals surface area contributed by atoms with Crippen molar-refractivity contribution in [2.24, 2.45) is 0 Å². The highest BCUT2D eigenvalue weighted by molar-refractivity contribution is 5.75. The average molecular weight is 314 g/mol. The topological polar surface area (TPSA) is 59.1 Å². The monoisotopic (exact) mass is 314 g/mol. The lowest BCUT2D eigenvalue weighted by Gasteiger charge is -2.39. The third-order valence-electron chi connectivity index (χ3n) is 3.74. The van der Waals surface area contributed by atoms with E-state index in [-0.39, 0.29) is 17.6 Å². The van der Waals surface area contributed by atoms with Crippen LogP contribution >= 0.6 is 0 Å². The SMILES string of the molecule is CN(C)C(=O)CCOC1(C)CCN(C(=O)OC(C)(C)C)CC1. The second-order valence-electron chi connectivity index (χ2n) is 7.30. The van der Waals surface area contributed by atoms with Crippen LogP contribution in [0.15, 0.2) is 0 Å². The van der Waals surface area contributed by atoms with Crippen LogP contribution in [0, 0.1) is 0 Å². The molecule has 1 rings (SSSR count). The van der Waals surface area contributed by atoms with Gasteiger partial charge in [-0.25, -0.2) is 4.79 Å². The van der Waals surface area contributed by atoms with Gasteiger partial charge in [-0.1, -0.05) is 0 Å². The van der Waals surface area contributed by atoms with E-state index in [1.54, 1.807) is 23.9 Å². The fourth-order valence-corrected chi connectivity index (χ4v) is 2.24. The van der Waals surface area contributed by atoms with Gasteiger partial charge in [0.2, 0.25) is 5.91 Å². The van der Waals surface area contributed by atoms with Gasteiger partial charge in [-0.3, -0.25) is 4.79 Å². The average Bonchev–Trinajstić information content (AvgIpc) is 2.37. The minimum atomic E-state index is -0.471. The van der Waals surface area contributed by atoms with E-state index in [2.05, 4.69) is 0 Å². The Hall–Kier alpha value is -1.30. The molecule has 2 amide bonds. The number of hydrogen-bond acceptors (Lipinski definition) is 4. The van der Waals surface area contributed by atoms with E-state index >= 15 is 0 Å². The molecule has 0 N–H and O–H groups in total. The first-order valence-corrected chi connectivity index (χ1v) is 7.84. The second-order valence-corrected chi connectivity index (χ2v) is 7.30. The van der Waals surface area contributed by atoms with E-state index in [0.29, 0.717) is 26.1 Å². The van der Waals surface area contributed by atoms with Crippen LogP contribution in [0.3, 0.4) is 0 Å². The smallest absolute Gasteiger partial charge is 0.410 e. The Morgan fingerprint density at radius 1 is 1.18 bits per heavy atom. The fraction of sp³-hybridized carbons (Fsp3) is 0.875. The molecule has 1 saturated heterocycles. The number of carbonyl (C=O) groups is 2. The quantitative estimate of drug-likeness (QED) is 0.799. The molecule has 0 aliphatic carbocycles. The molecule has 22 heavy (non-hydrogen) atoms. The molecular weight excluding hydrogens is 284 g/mol. The molecule has 0 spiro atoms. The minimum absolute atomic E-state index is 0.0646. The molecule has 6 nitrogen and oxygen atoms in total. The lowest BCUT2D eigenvalue weighted by Crippen LogP contribution is -2.48. The molecule has 6 heteroatoms. The number of nitrogens with zero attached hydrogens (tertiary/aromatic N) is 2. The first-order valence-electron chi connectivity index (χ1n) is 7.84. The summed E-state index contributed by atoms with van der Waals surface area (Å²) in [5.74, 6) is 0.0646. The summed E-state index contributed by atoms with van der Waals surface area (Å²) in [5.41, 5.74) is -0.744. The summed E-state index contributed by atoms with van der Waals surface area (Å²) in [6, 6.07) is 0. The van der Waals surface area contributed by atoms with Crippen LogP contribution in [0.2, 0.25) is 0 Å². The maximum absolute atomic E-state index is 12.0. The lowest BCUT2D eigenvalue weighted by atomic mass is 9.93. The van der Waals surface area contributed by atoms with Gasteiger partial charge in [0.25, 0.3) is 0 Å². The van der Waals surface area contributed by atoms with Gasteiger partial charge in [0, 0.05) is 27.2 Å². The number of amides is 2. The predicted octanol–water partition coefficient (Wildman–Crippen LogP) is 2.27. The first kappa shape index (κ1) is 18.7. The second kappa shape index (κ2) is 7.31. The third kappa shape index (κ3) is 6.22. The molecule has 1 fully saturated rings. The molecular formula is C16H30N2O4. The highest BCUT2D eigenvalue weighted by Gasteiger charge is 2.34. The number of carbonyl (C=O) groups excluding carboxylic acids is 2. The highest BCUT2D eigenvalue weighted by atomic mass is 16.6. The van der Waals surface area contributed by atoms with Gasteiger partial charge in [-0.2, -0.15) is 0 Å². The minimum Gasteiger partial charge on any atom is -0.444 e. The summed E-state index contributed by atoms with van der Waals surface area (Å²) in [6.07, 6.45) is 1.63. The Morgan fingerprint density at radius 2 is 1.73 bits per heavy atom. The summed E-state index contributed by atoms with van der Waals surface area (Å²) < 4.78 is 11.3. The van der Waals surface area contributed by atoms with Crippen LogP contribution < -0.4 is 0 Å². The van der Waals surface area contributed by atoms with E-state index in [1.807, 2.05) is 27.7 Å². The molecule has 0 saturated carbocycles. The molecule has 0 unspecified atom stereocenters. The Kier molecular flexibility index (Phi) is 6.23. The van der Waals surface area contributed by atoms with Crippen molar-refractivity contribution in [2.75, 3.05) is 33.8 Å². The summed E-state index contributed by atoms with van der Waals surface area (Å²) in [4.78, 5) is 26.8. The molecule has 0 radical (unpaired) electrons. The van der Waals surface area contributed by atoms with Gasteiger partial charge in [0.05, 0.1) is 18.6 Å². The van der Waals surface area contributed by atoms with E-state index in [9.17, 15) is 9.59 Å². The van der Waals surface area contributed by atoms with Gasteiger partial charge in [-0.15, -0.1) is 0 Å². The third-order valence-corrected chi connectivity index (χ3v) is 3.74. The Bertz CT molecular complexity index is 393. The van der Waals surface area contributed by atoms with Crippen molar-refractivity contribution < 1.29 is 19.1 Å². The van der Waals surface area contributed by atoms with E-state index in [4.69, 9.17) is 9.47 Å². The van der Waals surface area contributed by atoms with Crippen LogP contribution in [0.25, 0.3) is 0 Å². The maximum Gasteiger partial charge on any atom is 0.410 e. The lowest BCUT2D eigenvalue weighted by molar-refractivity contribution is -0.132. The van der Waals surface area contributed by atoms with Gasteiger partial charge >= 0.3 is 6.09 Å². The van der Waals surface area contributed by atoms with Crippen molar-refractivity contribution in [3.8, 4) is 0 Å². The maximum atomic E-state index is 12.0. The number of hydrogen-bond donors (Lipinski definition) is 0. The molecule has 0 atom stereocenters. The van der Waals surface area contributed by atoms with Crippen LogP contribution in [-0.2, 0) is 14.3 Å². The molecule has 0 aromatic rings. The van der Waals surface area contributed by atoms with Crippen molar-refractivity contribution in [2.45, 2.75) is 58.2 Å². The summed E-state index contributed by atoms with van der Waals surface area (Å²) in [6.45, 7) is 9.29. The zero-order chi connectivity index (χ0) is 17.0.